The summed E-state index contributed by atoms with van der Waals surface area (Å²) in [6, 6.07) is 10.4. The number of aryl methyl sites for hydroxylation is 1. The van der Waals surface area contributed by atoms with Crippen LogP contribution >= 0.6 is 11.6 Å². The van der Waals surface area contributed by atoms with E-state index in [9.17, 15) is 4.79 Å². The zero-order chi connectivity index (χ0) is 18.4. The quantitative estimate of drug-likeness (QED) is 0.765. The largest absolute Gasteiger partial charge is 0.495 e. The minimum atomic E-state index is -0.350. The molecule has 0 aliphatic rings. The standard InChI is InChI=1S/C19H23ClN2O3/c1-5-25-17-8-6-12(2)10-15(17)13(3)21-19(23)22-16-11-14(20)7-9-18(16)24-4/h6-11,13H,5H2,1-4H3,(H2,21,22,23). The Bertz CT molecular complexity index is 749. The fourth-order valence-electron chi connectivity index (χ4n) is 2.50. The van der Waals surface area contributed by atoms with Gasteiger partial charge in [-0.05, 0) is 45.0 Å². The smallest absolute Gasteiger partial charge is 0.319 e. The summed E-state index contributed by atoms with van der Waals surface area (Å²) < 4.78 is 10.9. The van der Waals surface area contributed by atoms with Crippen molar-refractivity contribution in [2.24, 2.45) is 0 Å². The molecule has 1 unspecified atom stereocenters. The van der Waals surface area contributed by atoms with E-state index >= 15 is 0 Å². The Balaban J connectivity index is 2.13. The number of hydrogen-bond donors (Lipinski definition) is 2. The number of amides is 2. The maximum atomic E-state index is 12.4. The highest BCUT2D eigenvalue weighted by atomic mass is 35.5. The predicted molar refractivity (Wildman–Crippen MR) is 101 cm³/mol. The second kappa shape index (κ2) is 8.62. The third-order valence-electron chi connectivity index (χ3n) is 3.69. The van der Waals surface area contributed by atoms with Gasteiger partial charge in [0.15, 0.2) is 0 Å². The van der Waals surface area contributed by atoms with Crippen LogP contribution < -0.4 is 20.1 Å². The molecule has 2 amide bonds. The molecule has 0 bridgehead atoms. The number of nitrogens with one attached hydrogen (secondary N) is 2. The van der Waals surface area contributed by atoms with Crippen molar-refractivity contribution in [2.45, 2.75) is 26.8 Å². The third kappa shape index (κ3) is 5.03. The first-order chi connectivity index (χ1) is 11.9. The Morgan fingerprint density at radius 2 is 1.92 bits per heavy atom. The fourth-order valence-corrected chi connectivity index (χ4v) is 2.68. The number of ether oxygens (including phenoxy) is 2. The van der Waals surface area contributed by atoms with Crippen molar-refractivity contribution in [1.29, 1.82) is 0 Å². The molecule has 2 aromatic rings. The zero-order valence-electron chi connectivity index (χ0n) is 14.9. The first-order valence-electron chi connectivity index (χ1n) is 8.09. The molecule has 5 nitrogen and oxygen atoms in total. The first kappa shape index (κ1) is 18.9. The zero-order valence-corrected chi connectivity index (χ0v) is 15.6. The predicted octanol–water partition coefficient (Wildman–Crippen LogP) is 4.94. The highest BCUT2D eigenvalue weighted by Crippen LogP contribution is 2.29. The van der Waals surface area contributed by atoms with Crippen molar-refractivity contribution < 1.29 is 14.3 Å². The van der Waals surface area contributed by atoms with Gasteiger partial charge in [0, 0.05) is 10.6 Å². The van der Waals surface area contributed by atoms with E-state index in [-0.39, 0.29) is 12.1 Å². The van der Waals surface area contributed by atoms with Crippen molar-refractivity contribution in [1.82, 2.24) is 5.32 Å². The van der Waals surface area contributed by atoms with Gasteiger partial charge in [-0.2, -0.15) is 0 Å². The van der Waals surface area contributed by atoms with E-state index in [0.717, 1.165) is 16.9 Å². The van der Waals surface area contributed by atoms with Crippen molar-refractivity contribution in [3.05, 3.63) is 52.5 Å². The normalized spacial score (nSPS) is 11.6. The number of carbonyl (C=O) groups excluding carboxylic acids is 1. The van der Waals surface area contributed by atoms with Crippen molar-refractivity contribution in [3.63, 3.8) is 0 Å². The summed E-state index contributed by atoms with van der Waals surface area (Å²) >= 11 is 5.99. The molecule has 0 aliphatic carbocycles. The Hall–Kier alpha value is -2.40. The highest BCUT2D eigenvalue weighted by molar-refractivity contribution is 6.31. The van der Waals surface area contributed by atoms with Crippen molar-refractivity contribution >= 4 is 23.3 Å². The lowest BCUT2D eigenvalue weighted by Crippen LogP contribution is -2.31. The summed E-state index contributed by atoms with van der Waals surface area (Å²) in [5.74, 6) is 1.30. The summed E-state index contributed by atoms with van der Waals surface area (Å²) in [7, 11) is 1.54. The van der Waals surface area contributed by atoms with Crippen molar-refractivity contribution in [2.75, 3.05) is 19.0 Å². The Morgan fingerprint density at radius 3 is 2.60 bits per heavy atom. The van der Waals surface area contributed by atoms with Crippen molar-refractivity contribution in [3.8, 4) is 11.5 Å². The van der Waals surface area contributed by atoms with E-state index in [1.165, 1.54) is 7.11 Å². The molecule has 1 atom stereocenters. The van der Waals surface area contributed by atoms with Gasteiger partial charge in [0.1, 0.15) is 11.5 Å². The summed E-state index contributed by atoms with van der Waals surface area (Å²) in [6.07, 6.45) is 0. The average Bonchev–Trinajstić information content (AvgIpc) is 2.56. The Labute approximate surface area is 153 Å². The van der Waals surface area contributed by atoms with E-state index in [1.807, 2.05) is 39.0 Å². The second-order valence-electron chi connectivity index (χ2n) is 5.64. The lowest BCUT2D eigenvalue weighted by molar-refractivity contribution is 0.249. The number of anilines is 1. The molecule has 0 saturated carbocycles. The van der Waals surface area contributed by atoms with E-state index in [2.05, 4.69) is 10.6 Å². The van der Waals surface area contributed by atoms with E-state index in [4.69, 9.17) is 21.1 Å². The van der Waals surface area contributed by atoms with Gasteiger partial charge in [0.2, 0.25) is 0 Å². The van der Waals surface area contributed by atoms with Crippen LogP contribution in [0.2, 0.25) is 5.02 Å². The van der Waals surface area contributed by atoms with Crippen LogP contribution in [0.3, 0.4) is 0 Å². The van der Waals surface area contributed by atoms with Gasteiger partial charge in [0.25, 0.3) is 0 Å². The van der Waals surface area contributed by atoms with E-state index < -0.39 is 0 Å². The van der Waals surface area contributed by atoms with Gasteiger partial charge in [-0.25, -0.2) is 4.79 Å². The van der Waals surface area contributed by atoms with Gasteiger partial charge >= 0.3 is 6.03 Å². The SMILES string of the molecule is CCOc1ccc(C)cc1C(C)NC(=O)Nc1cc(Cl)ccc1OC. The molecule has 6 heteroatoms. The lowest BCUT2D eigenvalue weighted by atomic mass is 10.0. The van der Waals surface area contributed by atoms with Crippen LogP contribution in [0.15, 0.2) is 36.4 Å². The molecule has 0 aliphatic heterocycles. The van der Waals surface area contributed by atoms with Crippen LogP contribution in [0, 0.1) is 6.92 Å². The number of hydrogen-bond acceptors (Lipinski definition) is 3. The molecular weight excluding hydrogens is 340 g/mol. The number of urea groups is 1. The topological polar surface area (TPSA) is 59.6 Å². The van der Waals surface area contributed by atoms with Gasteiger partial charge in [-0.1, -0.05) is 29.3 Å². The van der Waals surface area contributed by atoms with E-state index in [1.54, 1.807) is 18.2 Å². The lowest BCUT2D eigenvalue weighted by Gasteiger charge is -2.19. The molecule has 0 radical (unpaired) electrons. The molecule has 2 N–H and O–H groups in total. The molecule has 134 valence electrons. The number of benzene rings is 2. The fraction of sp³-hybridized carbons (Fsp3) is 0.316. The third-order valence-corrected chi connectivity index (χ3v) is 3.92. The van der Waals surface area contributed by atoms with Crippen LogP contribution in [0.4, 0.5) is 10.5 Å². The molecule has 0 aromatic heterocycles. The summed E-state index contributed by atoms with van der Waals surface area (Å²) in [4.78, 5) is 12.4. The maximum Gasteiger partial charge on any atom is 0.319 e. The Kier molecular flexibility index (Phi) is 6.53. The molecular formula is C19H23ClN2O3. The average molecular weight is 363 g/mol. The molecule has 0 heterocycles. The molecule has 0 fully saturated rings. The van der Waals surface area contributed by atoms with Gasteiger partial charge in [-0.3, -0.25) is 0 Å². The van der Waals surface area contributed by atoms with Crippen LogP contribution in [0.25, 0.3) is 0 Å². The molecule has 2 aromatic carbocycles. The van der Waals surface area contributed by atoms with Crippen LogP contribution in [0.1, 0.15) is 31.0 Å². The number of carbonyl (C=O) groups is 1. The first-order valence-corrected chi connectivity index (χ1v) is 8.46. The van der Waals surface area contributed by atoms with E-state index in [0.29, 0.717) is 23.1 Å². The number of methoxy groups -OCH3 is 1. The minimum Gasteiger partial charge on any atom is -0.495 e. The summed E-state index contributed by atoms with van der Waals surface area (Å²) in [5, 5.41) is 6.20. The summed E-state index contributed by atoms with van der Waals surface area (Å²) in [6.45, 7) is 6.41. The van der Waals surface area contributed by atoms with Gasteiger partial charge in [-0.15, -0.1) is 0 Å². The van der Waals surface area contributed by atoms with Crippen LogP contribution in [-0.4, -0.2) is 19.7 Å². The molecule has 2 rings (SSSR count). The summed E-state index contributed by atoms with van der Waals surface area (Å²) in [5.41, 5.74) is 2.54. The number of halogens is 1. The van der Waals surface area contributed by atoms with Crippen LogP contribution in [0.5, 0.6) is 11.5 Å². The van der Waals surface area contributed by atoms with Gasteiger partial charge < -0.3 is 20.1 Å². The Morgan fingerprint density at radius 1 is 1.20 bits per heavy atom. The maximum absolute atomic E-state index is 12.4. The molecule has 25 heavy (non-hydrogen) atoms. The monoisotopic (exact) mass is 362 g/mol. The molecule has 0 spiro atoms. The minimum absolute atomic E-state index is 0.230. The molecule has 0 saturated heterocycles. The highest BCUT2D eigenvalue weighted by Gasteiger charge is 2.16. The van der Waals surface area contributed by atoms with Gasteiger partial charge in [0.05, 0.1) is 25.4 Å². The second-order valence-corrected chi connectivity index (χ2v) is 6.08. The number of rotatable bonds is 6. The van der Waals surface area contributed by atoms with Crippen LogP contribution in [-0.2, 0) is 0 Å².